The molecule has 0 atom stereocenters. The highest BCUT2D eigenvalue weighted by atomic mass is 79.9. The zero-order chi connectivity index (χ0) is 14.9. The zero-order valence-electron chi connectivity index (χ0n) is 10.9. The maximum absolute atomic E-state index is 12.1. The van der Waals surface area contributed by atoms with Gasteiger partial charge in [0.15, 0.2) is 0 Å². The molecule has 0 bridgehead atoms. The summed E-state index contributed by atoms with van der Waals surface area (Å²) < 4.78 is 2.31. The van der Waals surface area contributed by atoms with Gasteiger partial charge in [-0.15, -0.1) is 0 Å². The van der Waals surface area contributed by atoms with Crippen LogP contribution in [-0.4, -0.2) is 15.4 Å². The van der Waals surface area contributed by atoms with E-state index in [1.807, 2.05) is 13.0 Å². The molecule has 0 aliphatic carbocycles. The third-order valence-corrected chi connectivity index (χ3v) is 3.72. The predicted octanol–water partition coefficient (Wildman–Crippen LogP) is 3.26. The van der Waals surface area contributed by atoms with Crippen LogP contribution in [0.4, 0.5) is 11.4 Å². The normalized spacial score (nSPS) is 10.3. The molecule has 1 amide bonds. The van der Waals surface area contributed by atoms with Crippen LogP contribution in [0.15, 0.2) is 34.9 Å². The Bertz CT molecular complexity index is 694. The van der Waals surface area contributed by atoms with Gasteiger partial charge < -0.3 is 9.88 Å². The van der Waals surface area contributed by atoms with Crippen molar-refractivity contribution in [2.75, 3.05) is 5.32 Å². The molecular weight excluding hydrogens is 326 g/mol. The van der Waals surface area contributed by atoms with E-state index in [1.165, 1.54) is 16.8 Å². The second kappa shape index (κ2) is 5.46. The molecule has 104 valence electrons. The summed E-state index contributed by atoms with van der Waals surface area (Å²) in [5.74, 6) is -0.392. The van der Waals surface area contributed by atoms with E-state index >= 15 is 0 Å². The van der Waals surface area contributed by atoms with E-state index in [1.54, 1.807) is 19.2 Å². The number of anilines is 1. The number of amides is 1. The molecule has 0 unspecified atom stereocenters. The standard InChI is InChI=1S/C13H12BrN3O3/c1-8-3-4-9(5-11(8)14)15-13(18)12-6-10(17(19)20)7-16(12)2/h3-7H,1-2H3,(H,15,18). The van der Waals surface area contributed by atoms with Crippen LogP contribution in [0, 0.1) is 17.0 Å². The number of hydrogen-bond donors (Lipinski definition) is 1. The minimum atomic E-state index is -0.529. The van der Waals surface area contributed by atoms with Gasteiger partial charge in [0.2, 0.25) is 0 Å². The fourth-order valence-corrected chi connectivity index (χ4v) is 2.12. The van der Waals surface area contributed by atoms with Gasteiger partial charge in [0.05, 0.1) is 11.1 Å². The molecule has 0 spiro atoms. The molecule has 0 radical (unpaired) electrons. The summed E-state index contributed by atoms with van der Waals surface area (Å²) in [4.78, 5) is 22.3. The number of benzene rings is 1. The second-order valence-electron chi connectivity index (χ2n) is 4.37. The largest absolute Gasteiger partial charge is 0.340 e. The Morgan fingerprint density at radius 2 is 2.10 bits per heavy atom. The molecule has 0 saturated heterocycles. The van der Waals surface area contributed by atoms with Crippen LogP contribution in [0.2, 0.25) is 0 Å². The van der Waals surface area contributed by atoms with E-state index in [9.17, 15) is 14.9 Å². The lowest BCUT2D eigenvalue weighted by atomic mass is 10.2. The van der Waals surface area contributed by atoms with Crippen LogP contribution in [-0.2, 0) is 7.05 Å². The van der Waals surface area contributed by atoms with E-state index in [2.05, 4.69) is 21.2 Å². The van der Waals surface area contributed by atoms with Crippen molar-refractivity contribution in [3.8, 4) is 0 Å². The number of hydrogen-bond acceptors (Lipinski definition) is 3. The minimum Gasteiger partial charge on any atom is -0.340 e. The molecule has 0 aliphatic heterocycles. The average molecular weight is 338 g/mol. The van der Waals surface area contributed by atoms with E-state index in [0.717, 1.165) is 10.0 Å². The van der Waals surface area contributed by atoms with E-state index in [-0.39, 0.29) is 11.4 Å². The smallest absolute Gasteiger partial charge is 0.287 e. The number of aryl methyl sites for hydroxylation is 2. The predicted molar refractivity (Wildman–Crippen MR) is 78.9 cm³/mol. The summed E-state index contributed by atoms with van der Waals surface area (Å²) in [7, 11) is 1.59. The molecule has 2 rings (SSSR count). The molecule has 20 heavy (non-hydrogen) atoms. The van der Waals surface area contributed by atoms with Crippen LogP contribution in [0.25, 0.3) is 0 Å². The summed E-state index contributed by atoms with van der Waals surface area (Å²) in [5, 5.41) is 13.4. The van der Waals surface area contributed by atoms with Crippen LogP contribution >= 0.6 is 15.9 Å². The number of halogens is 1. The number of nitro groups is 1. The fourth-order valence-electron chi connectivity index (χ4n) is 1.74. The maximum Gasteiger partial charge on any atom is 0.287 e. The third kappa shape index (κ3) is 2.88. The van der Waals surface area contributed by atoms with Crippen molar-refractivity contribution in [1.82, 2.24) is 4.57 Å². The van der Waals surface area contributed by atoms with E-state index in [0.29, 0.717) is 5.69 Å². The molecule has 1 heterocycles. The second-order valence-corrected chi connectivity index (χ2v) is 5.22. The number of carbonyl (C=O) groups excluding carboxylic acids is 1. The molecule has 1 N–H and O–H groups in total. The van der Waals surface area contributed by atoms with Crippen molar-refractivity contribution in [2.45, 2.75) is 6.92 Å². The first-order valence-corrected chi connectivity index (χ1v) is 6.56. The van der Waals surface area contributed by atoms with Gasteiger partial charge in [0.25, 0.3) is 11.6 Å². The van der Waals surface area contributed by atoms with Crippen LogP contribution in [0.1, 0.15) is 16.1 Å². The molecule has 7 heteroatoms. The highest BCUT2D eigenvalue weighted by Gasteiger charge is 2.17. The van der Waals surface area contributed by atoms with Gasteiger partial charge in [-0.1, -0.05) is 22.0 Å². The molecule has 0 saturated carbocycles. The Balaban J connectivity index is 2.23. The Hall–Kier alpha value is -2.15. The Morgan fingerprint density at radius 1 is 1.40 bits per heavy atom. The molecule has 6 nitrogen and oxygen atoms in total. The Morgan fingerprint density at radius 3 is 2.65 bits per heavy atom. The maximum atomic E-state index is 12.1. The minimum absolute atomic E-state index is 0.109. The molecule has 0 aliphatic rings. The summed E-state index contributed by atoms with van der Waals surface area (Å²) in [6.45, 7) is 1.94. The monoisotopic (exact) mass is 337 g/mol. The molecule has 1 aromatic heterocycles. The SMILES string of the molecule is Cc1ccc(NC(=O)c2cc([N+](=O)[O-])cn2C)cc1Br. The van der Waals surface area contributed by atoms with Crippen molar-refractivity contribution in [2.24, 2.45) is 7.05 Å². The van der Waals surface area contributed by atoms with Gasteiger partial charge in [-0.25, -0.2) is 0 Å². The van der Waals surface area contributed by atoms with Crippen LogP contribution in [0.5, 0.6) is 0 Å². The number of aromatic nitrogens is 1. The number of rotatable bonds is 3. The van der Waals surface area contributed by atoms with Crippen molar-refractivity contribution < 1.29 is 9.72 Å². The number of carbonyl (C=O) groups is 1. The zero-order valence-corrected chi connectivity index (χ0v) is 12.5. The summed E-state index contributed by atoms with van der Waals surface area (Å²) in [6, 6.07) is 6.67. The lowest BCUT2D eigenvalue weighted by Gasteiger charge is -2.07. The Labute approximate surface area is 123 Å². The van der Waals surface area contributed by atoms with Crippen molar-refractivity contribution in [3.05, 3.63) is 56.3 Å². The van der Waals surface area contributed by atoms with Gasteiger partial charge >= 0.3 is 0 Å². The van der Waals surface area contributed by atoms with Crippen molar-refractivity contribution >= 4 is 33.2 Å². The molecule has 0 fully saturated rings. The number of nitrogens with one attached hydrogen (secondary N) is 1. The fraction of sp³-hybridized carbons (Fsp3) is 0.154. The topological polar surface area (TPSA) is 77.2 Å². The lowest BCUT2D eigenvalue weighted by molar-refractivity contribution is -0.384. The van der Waals surface area contributed by atoms with Gasteiger partial charge in [-0.3, -0.25) is 14.9 Å². The molecule has 1 aromatic carbocycles. The van der Waals surface area contributed by atoms with Gasteiger partial charge in [0, 0.05) is 23.3 Å². The number of nitrogens with zero attached hydrogens (tertiary/aromatic N) is 2. The first-order chi connectivity index (χ1) is 9.38. The van der Waals surface area contributed by atoms with E-state index in [4.69, 9.17) is 0 Å². The first-order valence-electron chi connectivity index (χ1n) is 5.76. The molecule has 2 aromatic rings. The average Bonchev–Trinajstić information content (AvgIpc) is 2.76. The van der Waals surface area contributed by atoms with Gasteiger partial charge in [-0.05, 0) is 24.6 Å². The quantitative estimate of drug-likeness (QED) is 0.689. The highest BCUT2D eigenvalue weighted by Crippen LogP contribution is 2.22. The first kappa shape index (κ1) is 14.3. The summed E-state index contributed by atoms with van der Waals surface area (Å²) >= 11 is 3.38. The van der Waals surface area contributed by atoms with Crippen LogP contribution in [0.3, 0.4) is 0 Å². The summed E-state index contributed by atoms with van der Waals surface area (Å²) in [6.07, 6.45) is 1.31. The van der Waals surface area contributed by atoms with E-state index < -0.39 is 10.8 Å². The van der Waals surface area contributed by atoms with Crippen LogP contribution < -0.4 is 5.32 Å². The molecular formula is C13H12BrN3O3. The Kier molecular flexibility index (Phi) is 3.89. The van der Waals surface area contributed by atoms with Gasteiger partial charge in [0.1, 0.15) is 5.69 Å². The lowest BCUT2D eigenvalue weighted by Crippen LogP contribution is -2.15. The highest BCUT2D eigenvalue weighted by molar-refractivity contribution is 9.10. The van der Waals surface area contributed by atoms with Gasteiger partial charge in [-0.2, -0.15) is 0 Å². The van der Waals surface area contributed by atoms with Crippen molar-refractivity contribution in [1.29, 1.82) is 0 Å². The summed E-state index contributed by atoms with van der Waals surface area (Å²) in [5.41, 5.74) is 1.80. The third-order valence-electron chi connectivity index (χ3n) is 2.86. The van der Waals surface area contributed by atoms with Crippen molar-refractivity contribution in [3.63, 3.8) is 0 Å².